The van der Waals surface area contributed by atoms with Crippen LogP contribution < -0.4 is 42.5 Å². The lowest BCUT2D eigenvalue weighted by Crippen LogP contribution is -2.63. The Labute approximate surface area is 632 Å². The molecular formula is C81H124N12O14. The maximum Gasteiger partial charge on any atom is 0.289 e. The second kappa shape index (κ2) is 36.4. The number of aromatic nitrogens is 2. The third-order valence-electron chi connectivity index (χ3n) is 23.7. The first-order valence-electron chi connectivity index (χ1n) is 40.0. The van der Waals surface area contributed by atoms with Gasteiger partial charge in [0.2, 0.25) is 47.0 Å². The van der Waals surface area contributed by atoms with Crippen LogP contribution in [0.5, 0.6) is 0 Å². The number of Topliss-reactive ketones (excluding diaryl/α,β-unsaturated/α-hetero) is 4. The van der Waals surface area contributed by atoms with E-state index in [1.807, 2.05) is 69.2 Å². The standard InChI is InChI=1S/C41H62N6O7.C40H62N6O7/c1-8-14-28(34(49)39(53)43-27-19-20-27)44-36(50)30-21-26-17-12-13-18-29(26)47(30)40(54)35(41(5,6)7)46-37(51)32(25-15-10-9-11-16-25)45-38(52)33-31(24(4)48)22(2)23(3)42-33;1-10-15-27(33(48)38(52)42-26-18-19-26)43-35(49)29-20-25-16-13-14-17-28(25)46(29)39(53)34(40(7,8)9)45-37(51)32(24(11-2)12-3)44-36(50)31-21(4)30(23(6)47)22(5)41-31/h25-30,32,35,42H,8-21H2,1-7H3,(H,43,53)(H,44,50)(H,45,52)(H,46,51);24-29,32,34,41H,10-20H2,1-9H3,(H,42,52)(H,43,49)(H,44,50)(H,45,51)/t26?,28-,29?,30-,32-,35+;25?,27-,28?,29-,32-,34+/m00/s1. The molecule has 10 amide bonds. The molecule has 7 fully saturated rings. The smallest absolute Gasteiger partial charge is 0.289 e. The van der Waals surface area contributed by atoms with E-state index < -0.39 is 118 Å². The van der Waals surface area contributed by atoms with Crippen LogP contribution in [0.2, 0.25) is 0 Å². The van der Waals surface area contributed by atoms with Gasteiger partial charge >= 0.3 is 0 Å². The normalized spacial score (nSPS) is 22.5. The average molecular weight is 1490 g/mol. The summed E-state index contributed by atoms with van der Waals surface area (Å²) < 4.78 is 0. The Bertz CT molecular complexity index is 3650. The van der Waals surface area contributed by atoms with Crippen LogP contribution in [0.1, 0.15) is 308 Å². The van der Waals surface area contributed by atoms with E-state index in [1.165, 1.54) is 13.8 Å². The lowest BCUT2D eigenvalue weighted by molar-refractivity contribution is -0.147. The summed E-state index contributed by atoms with van der Waals surface area (Å²) in [6, 6.07) is -8.20. The minimum Gasteiger partial charge on any atom is -0.354 e. The van der Waals surface area contributed by atoms with Gasteiger partial charge in [0.1, 0.15) is 47.6 Å². The number of aryl methyl sites for hydroxylation is 2. The molecule has 5 saturated carbocycles. The summed E-state index contributed by atoms with van der Waals surface area (Å²) in [4.78, 5) is 200. The Balaban J connectivity index is 0.000000270. The quantitative estimate of drug-likeness (QED) is 0.0259. The molecule has 592 valence electrons. The van der Waals surface area contributed by atoms with Crippen LogP contribution in [0.15, 0.2) is 0 Å². The first-order chi connectivity index (χ1) is 50.5. The second-order valence-electron chi connectivity index (χ2n) is 34.0. The highest BCUT2D eigenvalue weighted by molar-refractivity contribution is 6.39. The number of hydrogen-bond acceptors (Lipinski definition) is 14. The molecule has 10 N–H and O–H groups in total. The summed E-state index contributed by atoms with van der Waals surface area (Å²) >= 11 is 0. The van der Waals surface area contributed by atoms with Crippen molar-refractivity contribution in [2.75, 3.05) is 0 Å². The number of hydrogen-bond donors (Lipinski definition) is 10. The Kier molecular flexibility index (Phi) is 28.8. The van der Waals surface area contributed by atoms with Crippen LogP contribution in [-0.2, 0) is 47.9 Å². The van der Waals surface area contributed by atoms with Gasteiger partial charge in [-0.25, -0.2) is 0 Å². The Morgan fingerprint density at radius 2 is 0.869 bits per heavy atom. The molecule has 4 heterocycles. The third kappa shape index (κ3) is 20.5. The van der Waals surface area contributed by atoms with Crippen molar-refractivity contribution in [1.82, 2.24) is 62.3 Å². The van der Waals surface area contributed by atoms with Gasteiger partial charge in [-0.1, -0.05) is 140 Å². The van der Waals surface area contributed by atoms with Crippen LogP contribution >= 0.6 is 0 Å². The monoisotopic (exact) mass is 1490 g/mol. The fourth-order valence-corrected chi connectivity index (χ4v) is 17.3. The van der Waals surface area contributed by atoms with E-state index >= 15 is 0 Å². The van der Waals surface area contributed by atoms with Gasteiger partial charge in [0.25, 0.3) is 23.6 Å². The molecule has 0 aromatic carbocycles. The summed E-state index contributed by atoms with van der Waals surface area (Å²) in [6.45, 7) is 28.6. The van der Waals surface area contributed by atoms with E-state index in [0.29, 0.717) is 78.6 Å². The SMILES string of the molecule is CCC[C@H](NC(=O)[C@@H]1CC2CCCCC2N1C(=O)[C@@H](NC(=O)[C@@H](NC(=O)c1[nH]c(C)c(C(C)=O)c1C)C(CC)CC)C(C)(C)C)C(=O)C(=O)NC1CC1.CCC[C@H](NC(=O)[C@@H]1CC2CCCCC2N1C(=O)[C@@H](NC(=O)[C@@H](NC(=O)c1[nH]c(C)c(C)c1C(C)=O)C1CCCCC1)C(C)(C)C)C(=O)C(=O)NC1CC1. The number of carbonyl (C=O) groups excluding carboxylic acids is 14. The summed E-state index contributed by atoms with van der Waals surface area (Å²) in [5.74, 6) is -7.20. The summed E-state index contributed by atoms with van der Waals surface area (Å²) in [7, 11) is 0. The first kappa shape index (κ1) is 84.6. The molecule has 2 aromatic rings. The summed E-state index contributed by atoms with van der Waals surface area (Å²) in [6.07, 6.45) is 18.3. The number of amides is 10. The average Bonchev–Trinajstić information content (AvgIpc) is 1.61. The van der Waals surface area contributed by atoms with Gasteiger partial charge in [-0.15, -0.1) is 0 Å². The number of ketones is 4. The predicted octanol–water partition coefficient (Wildman–Crippen LogP) is 8.53. The molecule has 26 heteroatoms. The largest absolute Gasteiger partial charge is 0.354 e. The van der Waals surface area contributed by atoms with Crippen molar-refractivity contribution in [1.29, 1.82) is 0 Å². The molecule has 12 atom stereocenters. The maximum atomic E-state index is 15.0. The van der Waals surface area contributed by atoms with Crippen molar-refractivity contribution in [3.63, 3.8) is 0 Å². The maximum absolute atomic E-state index is 15.0. The molecule has 2 aromatic heterocycles. The number of aromatic amines is 2. The first-order valence-corrected chi connectivity index (χ1v) is 40.0. The summed E-state index contributed by atoms with van der Waals surface area (Å²) in [5.41, 5.74) is 1.95. The van der Waals surface area contributed by atoms with Crippen LogP contribution in [0.3, 0.4) is 0 Å². The minimum atomic E-state index is -1.05. The zero-order valence-corrected chi connectivity index (χ0v) is 66.5. The Morgan fingerprint density at radius 1 is 0.458 bits per heavy atom. The Hall–Kier alpha value is -8.06. The van der Waals surface area contributed by atoms with E-state index in [2.05, 4.69) is 52.5 Å². The molecule has 0 radical (unpaired) electrons. The molecule has 9 rings (SSSR count). The Morgan fingerprint density at radius 3 is 1.27 bits per heavy atom. The van der Waals surface area contributed by atoms with Crippen LogP contribution in [-0.4, -0.2) is 174 Å². The van der Waals surface area contributed by atoms with Crippen molar-refractivity contribution < 1.29 is 67.1 Å². The molecule has 7 aliphatic rings. The van der Waals surface area contributed by atoms with Crippen molar-refractivity contribution in [2.24, 2.45) is 34.5 Å². The molecular weight excluding hydrogens is 1360 g/mol. The van der Waals surface area contributed by atoms with E-state index in [-0.39, 0.29) is 89.0 Å². The van der Waals surface area contributed by atoms with E-state index in [1.54, 1.807) is 37.5 Å². The van der Waals surface area contributed by atoms with Crippen molar-refractivity contribution in [3.05, 3.63) is 45.0 Å². The minimum absolute atomic E-state index is 0.000683. The molecule has 0 spiro atoms. The zero-order chi connectivity index (χ0) is 78.8. The molecule has 0 bridgehead atoms. The summed E-state index contributed by atoms with van der Waals surface area (Å²) in [5, 5.41) is 23.1. The van der Waals surface area contributed by atoms with Gasteiger partial charge in [-0.2, -0.15) is 0 Å². The van der Waals surface area contributed by atoms with Crippen LogP contribution in [0.25, 0.3) is 0 Å². The van der Waals surface area contributed by atoms with Crippen molar-refractivity contribution >= 4 is 82.2 Å². The fourth-order valence-electron chi connectivity index (χ4n) is 17.3. The van der Waals surface area contributed by atoms with Gasteiger partial charge in [0, 0.05) is 41.1 Å². The zero-order valence-electron chi connectivity index (χ0n) is 66.5. The molecule has 2 saturated heterocycles. The topological polar surface area (TPSA) is 373 Å². The molecule has 2 aliphatic heterocycles. The van der Waals surface area contributed by atoms with Crippen molar-refractivity contribution in [3.8, 4) is 0 Å². The van der Waals surface area contributed by atoms with Gasteiger partial charge in [-0.3, -0.25) is 67.1 Å². The number of likely N-dealkylation sites (tertiary alicyclic amines) is 2. The molecule has 4 unspecified atom stereocenters. The number of nitrogens with one attached hydrogen (secondary N) is 10. The third-order valence-corrected chi connectivity index (χ3v) is 23.7. The van der Waals surface area contributed by atoms with Crippen LogP contribution in [0, 0.1) is 62.2 Å². The van der Waals surface area contributed by atoms with Crippen LogP contribution in [0.4, 0.5) is 0 Å². The lowest BCUT2D eigenvalue weighted by atomic mass is 9.81. The van der Waals surface area contributed by atoms with E-state index in [4.69, 9.17) is 0 Å². The number of rotatable bonds is 30. The molecule has 26 nitrogen and oxygen atoms in total. The van der Waals surface area contributed by atoms with Gasteiger partial charge in [0.05, 0.1) is 17.6 Å². The highest BCUT2D eigenvalue weighted by atomic mass is 16.2. The van der Waals surface area contributed by atoms with Gasteiger partial charge < -0.3 is 62.3 Å². The second-order valence-corrected chi connectivity index (χ2v) is 34.0. The number of nitrogens with zero attached hydrogens (tertiary/aromatic N) is 2. The molecule has 5 aliphatic carbocycles. The highest BCUT2D eigenvalue weighted by Gasteiger charge is 2.54. The highest BCUT2D eigenvalue weighted by Crippen LogP contribution is 2.44. The number of carbonyl (C=O) groups is 14. The molecule has 107 heavy (non-hydrogen) atoms. The number of fused-ring (bicyclic) bond motifs is 2. The van der Waals surface area contributed by atoms with Crippen molar-refractivity contribution in [2.45, 2.75) is 344 Å². The van der Waals surface area contributed by atoms with Gasteiger partial charge in [-0.05, 0) is 177 Å². The van der Waals surface area contributed by atoms with E-state index in [9.17, 15) is 67.1 Å². The fraction of sp³-hybridized carbons (Fsp3) is 0.728. The number of H-pyrrole nitrogens is 2. The van der Waals surface area contributed by atoms with E-state index in [0.717, 1.165) is 109 Å². The lowest BCUT2D eigenvalue weighted by Gasteiger charge is -2.40. The predicted molar refractivity (Wildman–Crippen MR) is 404 cm³/mol. The van der Waals surface area contributed by atoms with Gasteiger partial charge in [0.15, 0.2) is 11.6 Å².